The first-order valence-corrected chi connectivity index (χ1v) is 7.11. The summed E-state index contributed by atoms with van der Waals surface area (Å²) in [5.41, 5.74) is 0. The molecule has 1 saturated carbocycles. The van der Waals surface area contributed by atoms with Gasteiger partial charge in [0.2, 0.25) is 0 Å². The van der Waals surface area contributed by atoms with Crippen LogP contribution in [0.1, 0.15) is 32.1 Å². The molecule has 0 aromatic carbocycles. The molecule has 4 atom stereocenters. The summed E-state index contributed by atoms with van der Waals surface area (Å²) in [5, 5.41) is 31.5. The van der Waals surface area contributed by atoms with Gasteiger partial charge in [-0.3, -0.25) is 0 Å². The van der Waals surface area contributed by atoms with E-state index in [9.17, 15) is 15.3 Å². The molecule has 0 radical (unpaired) electrons. The van der Waals surface area contributed by atoms with E-state index in [1.807, 2.05) is 0 Å². The van der Waals surface area contributed by atoms with Gasteiger partial charge in [0.05, 0.1) is 6.61 Å². The highest BCUT2D eigenvalue weighted by atomic mass is 32.1. The van der Waals surface area contributed by atoms with Crippen LogP contribution in [0.2, 0.25) is 0 Å². The van der Waals surface area contributed by atoms with Crippen LogP contribution >= 0.6 is 12.2 Å². The molecule has 6 nitrogen and oxygen atoms in total. The Labute approximate surface area is 117 Å². The molecule has 1 heterocycles. The summed E-state index contributed by atoms with van der Waals surface area (Å²) in [4.78, 5) is 0. The Balaban J connectivity index is 1.78. The molecular formula is C12H21NO5S. The molecule has 19 heavy (non-hydrogen) atoms. The van der Waals surface area contributed by atoms with Gasteiger partial charge in [0.15, 0.2) is 6.23 Å². The molecule has 1 aliphatic heterocycles. The van der Waals surface area contributed by atoms with Crippen molar-refractivity contribution in [2.24, 2.45) is 0 Å². The molecule has 1 aliphatic carbocycles. The number of aliphatic hydroxyl groups is 3. The summed E-state index contributed by atoms with van der Waals surface area (Å²) in [6.07, 6.45) is 1.17. The molecule has 0 spiro atoms. The second kappa shape index (κ2) is 6.81. The van der Waals surface area contributed by atoms with Gasteiger partial charge in [-0.2, -0.15) is 0 Å². The maximum absolute atomic E-state index is 9.75. The van der Waals surface area contributed by atoms with Gasteiger partial charge in [0.25, 0.3) is 5.17 Å². The average Bonchev–Trinajstić information content (AvgIpc) is 2.41. The van der Waals surface area contributed by atoms with E-state index >= 15 is 0 Å². The Bertz CT molecular complexity index is 310. The van der Waals surface area contributed by atoms with Gasteiger partial charge in [-0.25, -0.2) is 0 Å². The summed E-state index contributed by atoms with van der Waals surface area (Å²) in [7, 11) is 0. The van der Waals surface area contributed by atoms with E-state index in [-0.39, 0.29) is 17.9 Å². The van der Waals surface area contributed by atoms with Crippen LogP contribution in [0, 0.1) is 0 Å². The van der Waals surface area contributed by atoms with Crippen molar-refractivity contribution in [2.45, 2.75) is 62.7 Å². The van der Waals surface area contributed by atoms with Crippen LogP contribution in [0.3, 0.4) is 0 Å². The first-order chi connectivity index (χ1) is 9.08. The largest absolute Gasteiger partial charge is 0.468 e. The van der Waals surface area contributed by atoms with Gasteiger partial charge in [0, 0.05) is 0 Å². The van der Waals surface area contributed by atoms with Crippen LogP contribution in [-0.4, -0.2) is 57.7 Å². The molecule has 2 fully saturated rings. The maximum Gasteiger partial charge on any atom is 0.259 e. The molecule has 2 rings (SSSR count). The third-order valence-electron chi connectivity index (χ3n) is 3.59. The first kappa shape index (κ1) is 14.9. The van der Waals surface area contributed by atoms with E-state index in [2.05, 4.69) is 5.32 Å². The number of thiocarbonyl (C=S) groups is 1. The standard InChI is InChI=1S/C12H21NO5S/c14-8-6-17-11(10(16)9(8)15)13-12(19)18-7-4-2-1-3-5-7/h7-11,14-16H,1-6H2,(H,13,19). The lowest BCUT2D eigenvalue weighted by Gasteiger charge is -2.36. The summed E-state index contributed by atoms with van der Waals surface area (Å²) in [5.74, 6) is 0. The Morgan fingerprint density at radius 2 is 1.79 bits per heavy atom. The van der Waals surface area contributed by atoms with Crippen molar-refractivity contribution in [1.29, 1.82) is 0 Å². The van der Waals surface area contributed by atoms with Gasteiger partial charge < -0.3 is 30.1 Å². The van der Waals surface area contributed by atoms with Crippen molar-refractivity contribution in [3.63, 3.8) is 0 Å². The number of nitrogens with one attached hydrogen (secondary N) is 1. The third kappa shape index (κ3) is 4.00. The highest BCUT2D eigenvalue weighted by Crippen LogP contribution is 2.21. The van der Waals surface area contributed by atoms with Crippen molar-refractivity contribution in [3.8, 4) is 0 Å². The quantitative estimate of drug-likeness (QED) is 0.517. The fraction of sp³-hybridized carbons (Fsp3) is 0.917. The molecule has 4 N–H and O–H groups in total. The summed E-state index contributed by atoms with van der Waals surface area (Å²) >= 11 is 5.07. The molecule has 0 aromatic heterocycles. The van der Waals surface area contributed by atoms with Gasteiger partial charge in [-0.15, -0.1) is 0 Å². The molecule has 4 unspecified atom stereocenters. The average molecular weight is 291 g/mol. The first-order valence-electron chi connectivity index (χ1n) is 6.71. The van der Waals surface area contributed by atoms with Crippen LogP contribution in [-0.2, 0) is 9.47 Å². The number of hydrogen-bond acceptors (Lipinski definition) is 6. The van der Waals surface area contributed by atoms with Gasteiger partial charge in [-0.05, 0) is 37.9 Å². The van der Waals surface area contributed by atoms with Crippen LogP contribution in [0.15, 0.2) is 0 Å². The molecule has 7 heteroatoms. The van der Waals surface area contributed by atoms with E-state index in [4.69, 9.17) is 21.7 Å². The monoisotopic (exact) mass is 291 g/mol. The maximum atomic E-state index is 9.75. The summed E-state index contributed by atoms with van der Waals surface area (Å²) in [6.45, 7) is -0.0536. The Morgan fingerprint density at radius 1 is 1.11 bits per heavy atom. The van der Waals surface area contributed by atoms with E-state index in [0.29, 0.717) is 0 Å². The minimum Gasteiger partial charge on any atom is -0.468 e. The zero-order valence-electron chi connectivity index (χ0n) is 10.7. The second-order valence-electron chi connectivity index (χ2n) is 5.11. The smallest absolute Gasteiger partial charge is 0.259 e. The number of rotatable bonds is 2. The molecule has 0 aromatic rings. The lowest BCUT2D eigenvalue weighted by Crippen LogP contribution is -2.59. The topological polar surface area (TPSA) is 91.2 Å². The minimum absolute atomic E-state index is 0.0536. The predicted octanol–water partition coefficient (Wildman–Crippen LogP) is -0.351. The normalized spacial score (nSPS) is 36.8. The Hall–Kier alpha value is -0.470. The Kier molecular flexibility index (Phi) is 5.35. The summed E-state index contributed by atoms with van der Waals surface area (Å²) in [6, 6.07) is 0. The molecule has 1 saturated heterocycles. The zero-order valence-corrected chi connectivity index (χ0v) is 11.5. The molecule has 110 valence electrons. The molecule has 0 bridgehead atoms. The van der Waals surface area contributed by atoms with Gasteiger partial charge in [0.1, 0.15) is 24.4 Å². The molecular weight excluding hydrogens is 270 g/mol. The third-order valence-corrected chi connectivity index (χ3v) is 3.80. The van der Waals surface area contributed by atoms with E-state index in [0.717, 1.165) is 25.7 Å². The number of aliphatic hydroxyl groups excluding tert-OH is 3. The van der Waals surface area contributed by atoms with Gasteiger partial charge >= 0.3 is 0 Å². The summed E-state index contributed by atoms with van der Waals surface area (Å²) < 4.78 is 10.8. The second-order valence-corrected chi connectivity index (χ2v) is 5.48. The highest BCUT2D eigenvalue weighted by molar-refractivity contribution is 7.80. The van der Waals surface area contributed by atoms with Crippen LogP contribution in [0.4, 0.5) is 0 Å². The van der Waals surface area contributed by atoms with Crippen molar-refractivity contribution < 1.29 is 24.8 Å². The minimum atomic E-state index is -1.25. The molecule has 0 amide bonds. The van der Waals surface area contributed by atoms with Crippen molar-refractivity contribution >= 4 is 17.4 Å². The van der Waals surface area contributed by atoms with E-state index < -0.39 is 24.5 Å². The van der Waals surface area contributed by atoms with Crippen molar-refractivity contribution in [1.82, 2.24) is 5.32 Å². The number of hydrogen-bond donors (Lipinski definition) is 4. The van der Waals surface area contributed by atoms with Crippen LogP contribution < -0.4 is 5.32 Å². The van der Waals surface area contributed by atoms with Crippen LogP contribution in [0.25, 0.3) is 0 Å². The van der Waals surface area contributed by atoms with Crippen molar-refractivity contribution in [2.75, 3.05) is 6.61 Å². The SMILES string of the molecule is OC1COC(NC(=S)OC2CCCCC2)C(O)C1O. The molecule has 2 aliphatic rings. The fourth-order valence-electron chi connectivity index (χ4n) is 2.42. The lowest BCUT2D eigenvalue weighted by molar-refractivity contribution is -0.191. The van der Waals surface area contributed by atoms with E-state index in [1.54, 1.807) is 0 Å². The Morgan fingerprint density at radius 3 is 2.47 bits per heavy atom. The highest BCUT2D eigenvalue weighted by Gasteiger charge is 2.38. The number of ether oxygens (including phenoxy) is 2. The van der Waals surface area contributed by atoms with E-state index in [1.165, 1.54) is 6.42 Å². The van der Waals surface area contributed by atoms with Gasteiger partial charge in [-0.1, -0.05) is 6.42 Å². The van der Waals surface area contributed by atoms with Crippen molar-refractivity contribution in [3.05, 3.63) is 0 Å². The lowest BCUT2D eigenvalue weighted by atomic mass is 9.98. The zero-order chi connectivity index (χ0) is 13.8. The predicted molar refractivity (Wildman–Crippen MR) is 71.5 cm³/mol. The fourth-order valence-corrected chi connectivity index (χ4v) is 2.67. The van der Waals surface area contributed by atoms with Crippen LogP contribution in [0.5, 0.6) is 0 Å².